The first-order valence-electron chi connectivity index (χ1n) is 13.8. The molecule has 3 nitrogen and oxygen atoms in total. The second kappa shape index (κ2) is 12.7. The highest BCUT2D eigenvalue weighted by Crippen LogP contribution is 2.42. The summed E-state index contributed by atoms with van der Waals surface area (Å²) in [4.78, 5) is 2.39. The molecule has 1 aliphatic heterocycles. The maximum Gasteiger partial charge on any atom is 0.0906 e. The SMILES string of the molecule is C=C(NO)c1ccc2c(c1)CCCC(c1ccc(Cl)cc1Cl)=C2c1ccc(C[C@H]2CCN(CCCF)C2)cc1. The minimum Gasteiger partial charge on any atom is -0.303 e. The molecule has 0 unspecified atom stereocenters. The van der Waals surface area contributed by atoms with Crippen molar-refractivity contribution >= 4 is 40.0 Å². The lowest BCUT2D eigenvalue weighted by molar-refractivity contribution is 0.225. The summed E-state index contributed by atoms with van der Waals surface area (Å²) in [6.07, 6.45) is 5.62. The Morgan fingerprint density at radius 1 is 1.03 bits per heavy atom. The zero-order chi connectivity index (χ0) is 27.4. The van der Waals surface area contributed by atoms with E-state index in [1.54, 1.807) is 0 Å². The van der Waals surface area contributed by atoms with Crippen LogP contribution in [-0.4, -0.2) is 36.4 Å². The van der Waals surface area contributed by atoms with E-state index >= 15 is 0 Å². The van der Waals surface area contributed by atoms with Gasteiger partial charge < -0.3 is 4.90 Å². The third kappa shape index (κ3) is 6.41. The largest absolute Gasteiger partial charge is 0.303 e. The number of halogens is 3. The number of hydrogen-bond acceptors (Lipinski definition) is 3. The first-order valence-corrected chi connectivity index (χ1v) is 14.5. The summed E-state index contributed by atoms with van der Waals surface area (Å²) in [7, 11) is 0. The number of rotatable bonds is 9. The topological polar surface area (TPSA) is 35.5 Å². The molecule has 1 atom stereocenters. The third-order valence-corrected chi connectivity index (χ3v) is 8.58. The van der Waals surface area contributed by atoms with Crippen LogP contribution in [0.15, 0.2) is 67.2 Å². The van der Waals surface area contributed by atoms with Gasteiger partial charge in [-0.05, 0) is 114 Å². The standard InChI is InChI=1S/C33H35Cl2FN2O/c1-22(37-39)26-10-12-29-27(19-26)4-2-5-31(30-13-11-28(34)20-32(30)35)33(29)25-8-6-23(7-9-25)18-24-14-17-38(21-24)16-3-15-36/h6-13,19-20,24,37,39H,1-5,14-18,21H2/t24-/m1/s1. The molecule has 0 spiro atoms. The van der Waals surface area contributed by atoms with E-state index in [0.29, 0.717) is 28.1 Å². The fourth-order valence-electron chi connectivity index (χ4n) is 6.08. The van der Waals surface area contributed by atoms with Crippen molar-refractivity contribution in [2.45, 2.75) is 38.5 Å². The first-order chi connectivity index (χ1) is 19.0. The molecule has 5 rings (SSSR count). The summed E-state index contributed by atoms with van der Waals surface area (Å²) in [6, 6.07) is 21.0. The Morgan fingerprint density at radius 3 is 2.56 bits per heavy atom. The minimum absolute atomic E-state index is 0.237. The molecule has 39 heavy (non-hydrogen) atoms. The molecule has 0 radical (unpaired) electrons. The predicted molar refractivity (Wildman–Crippen MR) is 161 cm³/mol. The summed E-state index contributed by atoms with van der Waals surface area (Å²) >= 11 is 13.0. The van der Waals surface area contributed by atoms with Crippen molar-refractivity contribution in [1.29, 1.82) is 0 Å². The maximum absolute atomic E-state index is 12.6. The van der Waals surface area contributed by atoms with Crippen molar-refractivity contribution in [1.82, 2.24) is 10.4 Å². The smallest absolute Gasteiger partial charge is 0.0906 e. The molecule has 3 aromatic rings. The number of aryl methyl sites for hydroxylation is 1. The fraction of sp³-hybridized carbons (Fsp3) is 0.333. The number of benzene rings is 3. The number of nitrogens with zero attached hydrogens (tertiary/aromatic N) is 1. The Balaban J connectivity index is 1.51. The molecule has 1 fully saturated rings. The summed E-state index contributed by atoms with van der Waals surface area (Å²) in [5, 5.41) is 10.7. The molecule has 6 heteroatoms. The highest BCUT2D eigenvalue weighted by atomic mass is 35.5. The van der Waals surface area contributed by atoms with Crippen LogP contribution in [0.25, 0.3) is 16.8 Å². The van der Waals surface area contributed by atoms with Gasteiger partial charge in [0, 0.05) is 23.1 Å². The van der Waals surface area contributed by atoms with Gasteiger partial charge in [0.2, 0.25) is 0 Å². The molecule has 204 valence electrons. The molecular weight excluding hydrogens is 530 g/mol. The fourth-order valence-corrected chi connectivity index (χ4v) is 6.60. The van der Waals surface area contributed by atoms with Crippen LogP contribution in [0.3, 0.4) is 0 Å². The number of alkyl halides is 1. The van der Waals surface area contributed by atoms with E-state index in [2.05, 4.69) is 53.4 Å². The molecule has 0 amide bonds. The van der Waals surface area contributed by atoms with Gasteiger partial charge in [-0.25, -0.2) is 0 Å². The molecule has 1 aliphatic carbocycles. The molecule has 2 aliphatic rings. The van der Waals surface area contributed by atoms with Gasteiger partial charge in [-0.2, -0.15) is 0 Å². The van der Waals surface area contributed by atoms with Crippen LogP contribution in [-0.2, 0) is 12.8 Å². The normalized spacial score (nSPS) is 17.7. The molecule has 0 bridgehead atoms. The number of allylic oxidation sites excluding steroid dienone is 1. The van der Waals surface area contributed by atoms with E-state index in [1.165, 1.54) is 34.3 Å². The monoisotopic (exact) mass is 564 g/mol. The lowest BCUT2D eigenvalue weighted by atomic mass is 9.86. The lowest BCUT2D eigenvalue weighted by Crippen LogP contribution is -2.22. The van der Waals surface area contributed by atoms with Crippen LogP contribution < -0.4 is 5.48 Å². The maximum atomic E-state index is 12.6. The number of likely N-dealkylation sites (tertiary alicyclic amines) is 1. The molecule has 2 N–H and O–H groups in total. The number of nitrogens with one attached hydrogen (secondary N) is 1. The summed E-state index contributed by atoms with van der Waals surface area (Å²) in [6.45, 7) is 6.67. The van der Waals surface area contributed by atoms with E-state index < -0.39 is 0 Å². The van der Waals surface area contributed by atoms with Crippen molar-refractivity contribution in [2.75, 3.05) is 26.3 Å². The Morgan fingerprint density at radius 2 is 1.82 bits per heavy atom. The number of fused-ring (bicyclic) bond motifs is 1. The van der Waals surface area contributed by atoms with Crippen molar-refractivity contribution in [2.24, 2.45) is 5.92 Å². The van der Waals surface area contributed by atoms with E-state index in [4.69, 9.17) is 23.2 Å². The molecule has 0 saturated carbocycles. The van der Waals surface area contributed by atoms with E-state index in [-0.39, 0.29) is 6.67 Å². The van der Waals surface area contributed by atoms with Gasteiger partial charge in [-0.15, -0.1) is 0 Å². The van der Waals surface area contributed by atoms with Crippen molar-refractivity contribution in [3.8, 4) is 0 Å². The molecule has 1 heterocycles. The minimum atomic E-state index is -0.237. The Hall–Kier alpha value is -2.63. The van der Waals surface area contributed by atoms with E-state index in [0.717, 1.165) is 62.0 Å². The van der Waals surface area contributed by atoms with Crippen molar-refractivity contribution in [3.05, 3.63) is 111 Å². The average molecular weight is 566 g/mol. The highest BCUT2D eigenvalue weighted by Gasteiger charge is 2.24. The van der Waals surface area contributed by atoms with Gasteiger partial charge in [-0.1, -0.05) is 72.2 Å². The van der Waals surface area contributed by atoms with Crippen molar-refractivity contribution < 1.29 is 9.60 Å². The second-order valence-corrected chi connectivity index (χ2v) is 11.5. The van der Waals surface area contributed by atoms with Crippen LogP contribution in [0, 0.1) is 5.92 Å². The van der Waals surface area contributed by atoms with Gasteiger partial charge in [0.25, 0.3) is 0 Å². The zero-order valence-corrected chi connectivity index (χ0v) is 23.7. The quantitative estimate of drug-likeness (QED) is 0.256. The van der Waals surface area contributed by atoms with Gasteiger partial charge in [0.1, 0.15) is 0 Å². The number of hydrogen-bond donors (Lipinski definition) is 2. The van der Waals surface area contributed by atoms with Crippen LogP contribution in [0.2, 0.25) is 10.0 Å². The summed E-state index contributed by atoms with van der Waals surface area (Å²) in [5.41, 5.74) is 11.8. The van der Waals surface area contributed by atoms with E-state index in [1.807, 2.05) is 24.3 Å². The predicted octanol–water partition coefficient (Wildman–Crippen LogP) is 8.46. The summed E-state index contributed by atoms with van der Waals surface area (Å²) < 4.78 is 12.6. The Kier molecular flexibility index (Phi) is 9.09. The number of hydroxylamine groups is 1. The Labute approximate surface area is 240 Å². The molecule has 0 aromatic heterocycles. The van der Waals surface area contributed by atoms with Gasteiger partial charge >= 0.3 is 0 Å². The summed E-state index contributed by atoms with van der Waals surface area (Å²) in [5.74, 6) is 0.614. The third-order valence-electron chi connectivity index (χ3n) is 8.03. The lowest BCUT2D eigenvalue weighted by Gasteiger charge is -2.19. The van der Waals surface area contributed by atoms with Gasteiger partial charge in [0.15, 0.2) is 0 Å². The zero-order valence-electron chi connectivity index (χ0n) is 22.2. The van der Waals surface area contributed by atoms with Crippen LogP contribution in [0.5, 0.6) is 0 Å². The molecule has 3 aromatic carbocycles. The first kappa shape index (κ1) is 27.9. The van der Waals surface area contributed by atoms with E-state index in [9.17, 15) is 9.60 Å². The van der Waals surface area contributed by atoms with Crippen LogP contribution >= 0.6 is 23.2 Å². The van der Waals surface area contributed by atoms with Gasteiger partial charge in [-0.3, -0.25) is 15.1 Å². The highest BCUT2D eigenvalue weighted by molar-refractivity contribution is 6.36. The molecule has 1 saturated heterocycles. The van der Waals surface area contributed by atoms with Gasteiger partial charge in [0.05, 0.1) is 12.4 Å². The molecular formula is C33H35Cl2FN2O. The van der Waals surface area contributed by atoms with Crippen LogP contribution in [0.1, 0.15) is 59.1 Å². The average Bonchev–Trinajstić information content (AvgIpc) is 3.30. The Bertz CT molecular complexity index is 1370. The second-order valence-electron chi connectivity index (χ2n) is 10.7. The van der Waals surface area contributed by atoms with Crippen molar-refractivity contribution in [3.63, 3.8) is 0 Å². The van der Waals surface area contributed by atoms with Crippen LogP contribution in [0.4, 0.5) is 4.39 Å².